The van der Waals surface area contributed by atoms with E-state index in [0.29, 0.717) is 18.0 Å². The molecule has 0 radical (unpaired) electrons. The van der Waals surface area contributed by atoms with E-state index in [9.17, 15) is 9.35 Å². The molecule has 0 fully saturated rings. The summed E-state index contributed by atoms with van der Waals surface area (Å²) in [5.41, 5.74) is 9.37. The van der Waals surface area contributed by atoms with Crippen molar-refractivity contribution in [3.8, 4) is 5.69 Å². The average molecular weight is 392 g/mol. The van der Waals surface area contributed by atoms with Gasteiger partial charge in [-0.05, 0) is 30.2 Å². The summed E-state index contributed by atoms with van der Waals surface area (Å²) >= 11 is 0. The summed E-state index contributed by atoms with van der Waals surface area (Å²) in [6.07, 6.45) is 0. The molecular formula is C24H25NO2S. The molecule has 4 heteroatoms. The molecule has 28 heavy (non-hydrogen) atoms. The van der Waals surface area contributed by atoms with Crippen molar-refractivity contribution in [3.63, 3.8) is 0 Å². The number of aryl methyl sites for hydroxylation is 1. The Kier molecular flexibility index (Phi) is 6.37. The smallest absolute Gasteiger partial charge is 0.234 e. The summed E-state index contributed by atoms with van der Waals surface area (Å²) in [6, 6.07) is 27.1. The third kappa shape index (κ3) is 5.37. The van der Waals surface area contributed by atoms with Gasteiger partial charge in [0.2, 0.25) is 5.91 Å². The molecule has 0 aliphatic rings. The zero-order valence-corrected chi connectivity index (χ0v) is 16.8. The normalized spacial score (nSPS) is 12.9. The molecule has 0 aliphatic carbocycles. The van der Waals surface area contributed by atoms with E-state index in [0.717, 1.165) is 16.7 Å². The van der Waals surface area contributed by atoms with E-state index in [1.54, 1.807) is 17.0 Å². The highest BCUT2D eigenvalue weighted by atomic mass is 32.2. The molecule has 1 atom stereocenters. The predicted octanol–water partition coefficient (Wildman–Crippen LogP) is 5.45. The average Bonchev–Trinajstić information content (AvgIpc) is 2.69. The Hall–Kier alpha value is -2.78. The lowest BCUT2D eigenvalue weighted by Gasteiger charge is -2.26. The minimum atomic E-state index is -2.70. The second kappa shape index (κ2) is 8.94. The van der Waals surface area contributed by atoms with E-state index in [2.05, 4.69) is 0 Å². The quantitative estimate of drug-likeness (QED) is 0.628. The van der Waals surface area contributed by atoms with Crippen molar-refractivity contribution in [2.24, 2.45) is 0 Å². The lowest BCUT2D eigenvalue weighted by molar-refractivity contribution is -0.129. The molecule has 0 aromatic heterocycles. The molecule has 0 saturated heterocycles. The van der Waals surface area contributed by atoms with Crippen LogP contribution in [0.4, 0.5) is 0 Å². The van der Waals surface area contributed by atoms with Crippen molar-refractivity contribution in [1.82, 2.24) is 4.90 Å². The Morgan fingerprint density at radius 3 is 1.79 bits per heavy atom. The molecule has 0 bridgehead atoms. The summed E-state index contributed by atoms with van der Waals surface area (Å²) in [4.78, 5) is 15.5. The third-order valence-electron chi connectivity index (χ3n) is 4.56. The van der Waals surface area contributed by atoms with Crippen LogP contribution < -0.4 is 0 Å². The SMILES string of the molecule is C#S(O)(CC(=O)N(Cc1ccccc1)Cc1ccccc1)c1ccc(C)cc1. The maximum Gasteiger partial charge on any atom is 0.234 e. The van der Waals surface area contributed by atoms with Crippen LogP contribution in [-0.2, 0) is 17.9 Å². The van der Waals surface area contributed by atoms with Crippen LogP contribution in [0.2, 0.25) is 0 Å². The van der Waals surface area contributed by atoms with Gasteiger partial charge in [-0.1, -0.05) is 88.1 Å². The Morgan fingerprint density at radius 1 is 0.857 bits per heavy atom. The fraction of sp³-hybridized carbons (Fsp3) is 0.167. The number of nitrogens with zero attached hydrogens (tertiary/aromatic N) is 1. The van der Waals surface area contributed by atoms with Gasteiger partial charge in [-0.2, -0.15) is 0 Å². The first-order valence-corrected chi connectivity index (χ1v) is 11.0. The molecular weight excluding hydrogens is 366 g/mol. The Labute approximate surface area is 168 Å². The van der Waals surface area contributed by atoms with E-state index in [1.807, 2.05) is 79.7 Å². The molecule has 3 rings (SSSR count). The second-order valence-corrected chi connectivity index (χ2v) is 9.20. The summed E-state index contributed by atoms with van der Waals surface area (Å²) in [5, 5.41) is 0. The van der Waals surface area contributed by atoms with Gasteiger partial charge in [-0.15, -0.1) is 5.69 Å². The number of hydrogen-bond acceptors (Lipinski definition) is 2. The molecule has 1 amide bonds. The van der Waals surface area contributed by atoms with E-state index < -0.39 is 9.72 Å². The van der Waals surface area contributed by atoms with Gasteiger partial charge < -0.3 is 9.45 Å². The van der Waals surface area contributed by atoms with E-state index in [4.69, 9.17) is 5.69 Å². The Balaban J connectivity index is 1.81. The summed E-state index contributed by atoms with van der Waals surface area (Å²) in [5.74, 6) is -0.260. The van der Waals surface area contributed by atoms with E-state index >= 15 is 0 Å². The van der Waals surface area contributed by atoms with Crippen LogP contribution in [0.15, 0.2) is 89.8 Å². The van der Waals surface area contributed by atoms with Gasteiger partial charge in [0.05, 0.1) is 5.75 Å². The van der Waals surface area contributed by atoms with Gasteiger partial charge in [0.15, 0.2) is 0 Å². The highest BCUT2D eigenvalue weighted by molar-refractivity contribution is 8.19. The lowest BCUT2D eigenvalue weighted by Crippen LogP contribution is -2.32. The first-order valence-electron chi connectivity index (χ1n) is 9.17. The fourth-order valence-corrected chi connectivity index (χ4v) is 4.31. The summed E-state index contributed by atoms with van der Waals surface area (Å²) in [6.45, 7) is 2.91. The zero-order valence-electron chi connectivity index (χ0n) is 16.0. The van der Waals surface area contributed by atoms with Gasteiger partial charge in [-0.25, -0.2) is 0 Å². The minimum absolute atomic E-state index is 0.101. The number of benzene rings is 3. The van der Waals surface area contributed by atoms with E-state index in [-0.39, 0.29) is 11.7 Å². The van der Waals surface area contributed by atoms with Crippen LogP contribution in [-0.4, -0.2) is 21.1 Å². The number of carbonyl (C=O) groups excluding carboxylic acids is 1. The van der Waals surface area contributed by atoms with Crippen molar-refractivity contribution < 1.29 is 9.35 Å². The largest absolute Gasteiger partial charge is 0.336 e. The van der Waals surface area contributed by atoms with Gasteiger partial charge in [0, 0.05) is 18.0 Å². The molecule has 0 heterocycles. The number of rotatable bonds is 5. The number of carbonyl (C=O) groups is 1. The maximum absolute atomic E-state index is 13.1. The lowest BCUT2D eigenvalue weighted by atomic mass is 10.1. The highest BCUT2D eigenvalue weighted by Crippen LogP contribution is 2.38. The summed E-state index contributed by atoms with van der Waals surface area (Å²) in [7, 11) is -2.70. The summed E-state index contributed by atoms with van der Waals surface area (Å²) < 4.78 is 10.8. The highest BCUT2D eigenvalue weighted by Gasteiger charge is 2.21. The molecule has 3 aromatic carbocycles. The number of amides is 1. The van der Waals surface area contributed by atoms with Crippen LogP contribution >= 0.6 is 9.72 Å². The molecule has 1 unspecified atom stereocenters. The van der Waals surface area contributed by atoms with Crippen molar-refractivity contribution in [3.05, 3.63) is 102 Å². The third-order valence-corrected chi connectivity index (χ3v) is 6.33. The van der Waals surface area contributed by atoms with Crippen molar-refractivity contribution in [2.75, 3.05) is 5.75 Å². The van der Waals surface area contributed by atoms with E-state index in [1.165, 1.54) is 0 Å². The van der Waals surface area contributed by atoms with Crippen molar-refractivity contribution in [2.45, 2.75) is 24.9 Å². The van der Waals surface area contributed by atoms with Gasteiger partial charge in [0.25, 0.3) is 0 Å². The maximum atomic E-state index is 13.1. The molecule has 0 saturated carbocycles. The monoisotopic (exact) mass is 391 g/mol. The molecule has 3 nitrogen and oxygen atoms in total. The molecule has 3 aromatic rings. The van der Waals surface area contributed by atoms with Crippen LogP contribution in [0.5, 0.6) is 0 Å². The fourth-order valence-electron chi connectivity index (χ4n) is 2.98. The van der Waals surface area contributed by atoms with Gasteiger partial charge in [0.1, 0.15) is 0 Å². The van der Waals surface area contributed by atoms with Gasteiger partial charge >= 0.3 is 0 Å². The second-order valence-electron chi connectivity index (χ2n) is 6.93. The van der Waals surface area contributed by atoms with Crippen molar-refractivity contribution in [1.29, 1.82) is 0 Å². The van der Waals surface area contributed by atoms with Crippen molar-refractivity contribution >= 4 is 15.6 Å². The first kappa shape index (κ1) is 20.0. The topological polar surface area (TPSA) is 40.5 Å². The zero-order chi connectivity index (χ0) is 20.0. The molecule has 144 valence electrons. The molecule has 1 N–H and O–H groups in total. The molecule has 0 aliphatic heterocycles. The Bertz CT molecular complexity index is 977. The standard InChI is InChI=1S/C24H25NO2S/c1-20-13-15-23(16-14-20)28(2,27)19-24(26)25(17-21-9-5-3-6-10-21)18-22-11-7-4-8-12-22/h2-16,27H,17-19H2,1H3. The van der Waals surface area contributed by atoms with Gasteiger partial charge in [-0.3, -0.25) is 4.79 Å². The number of hydrogen-bond donors (Lipinski definition) is 1. The molecule has 0 spiro atoms. The predicted molar refractivity (Wildman–Crippen MR) is 117 cm³/mol. The Morgan fingerprint density at radius 2 is 1.32 bits per heavy atom. The van der Waals surface area contributed by atoms with Crippen LogP contribution in [0.25, 0.3) is 0 Å². The van der Waals surface area contributed by atoms with Crippen LogP contribution in [0.1, 0.15) is 16.7 Å². The minimum Gasteiger partial charge on any atom is -0.336 e. The van der Waals surface area contributed by atoms with Crippen LogP contribution in [0.3, 0.4) is 0 Å². The van der Waals surface area contributed by atoms with Crippen LogP contribution in [0, 0.1) is 12.6 Å². The first-order chi connectivity index (χ1) is 13.4.